The molecule has 0 saturated carbocycles. The number of nitrogens with one attached hydrogen (secondary N) is 1. The molecular formula is C16H33NO. The first-order chi connectivity index (χ1) is 7.72. The summed E-state index contributed by atoms with van der Waals surface area (Å²) in [5, 5.41) is 3.11. The van der Waals surface area contributed by atoms with Crippen molar-refractivity contribution in [1.29, 1.82) is 0 Å². The highest BCUT2D eigenvalue weighted by Gasteiger charge is 2.34. The summed E-state index contributed by atoms with van der Waals surface area (Å²) in [5.74, 6) is 0.271. The summed E-state index contributed by atoms with van der Waals surface area (Å²) in [7, 11) is 0. The Morgan fingerprint density at radius 3 is 1.61 bits per heavy atom. The number of carbonyl (C=O) groups is 1. The molecule has 0 radical (unpaired) electrons. The summed E-state index contributed by atoms with van der Waals surface area (Å²) in [6.45, 7) is 20.2. The van der Waals surface area contributed by atoms with Gasteiger partial charge in [-0.15, -0.1) is 0 Å². The molecule has 0 heterocycles. The summed E-state index contributed by atoms with van der Waals surface area (Å²) in [6, 6.07) is 0. The van der Waals surface area contributed by atoms with Crippen molar-refractivity contribution in [3.8, 4) is 0 Å². The Balaban J connectivity index is 4.73. The molecule has 0 aromatic rings. The van der Waals surface area contributed by atoms with Crippen LogP contribution in [0.5, 0.6) is 0 Å². The normalized spacial score (nSPS) is 15.4. The van der Waals surface area contributed by atoms with Gasteiger partial charge in [0.2, 0.25) is 5.91 Å². The van der Waals surface area contributed by atoms with E-state index in [0.717, 1.165) is 13.0 Å². The molecule has 0 aliphatic carbocycles. The van der Waals surface area contributed by atoms with Crippen molar-refractivity contribution in [2.75, 3.05) is 6.54 Å². The number of hydrogen-bond acceptors (Lipinski definition) is 1. The third-order valence-corrected chi connectivity index (χ3v) is 2.97. The molecule has 0 spiro atoms. The first-order valence-corrected chi connectivity index (χ1v) is 7.00. The molecule has 1 amide bonds. The van der Waals surface area contributed by atoms with Gasteiger partial charge in [-0.3, -0.25) is 4.79 Å². The predicted octanol–water partition coefficient (Wildman–Crippen LogP) is 4.25. The Morgan fingerprint density at radius 2 is 1.33 bits per heavy atom. The summed E-state index contributed by atoms with van der Waals surface area (Å²) in [5.41, 5.74) is 0.325. The molecule has 0 aromatic carbocycles. The van der Waals surface area contributed by atoms with Crippen molar-refractivity contribution in [2.45, 2.75) is 68.7 Å². The highest BCUT2D eigenvalue weighted by Crippen LogP contribution is 2.36. The Morgan fingerprint density at radius 1 is 0.889 bits per heavy atom. The molecule has 0 aliphatic rings. The second-order valence-corrected chi connectivity index (χ2v) is 8.96. The number of rotatable bonds is 3. The standard InChI is InChI=1S/C16H33NO/c1-14(2,3)10-12(16(7,8)9)13(18)17-11-15(4,5)6/h12H,10-11H2,1-9H3,(H,17,18). The third-order valence-electron chi connectivity index (χ3n) is 2.97. The molecule has 0 aromatic heterocycles. The fourth-order valence-electron chi connectivity index (χ4n) is 1.88. The van der Waals surface area contributed by atoms with E-state index in [1.807, 2.05) is 0 Å². The molecule has 1 N–H and O–H groups in total. The summed E-state index contributed by atoms with van der Waals surface area (Å²) in [6.07, 6.45) is 0.923. The van der Waals surface area contributed by atoms with E-state index < -0.39 is 0 Å². The van der Waals surface area contributed by atoms with Crippen molar-refractivity contribution < 1.29 is 4.79 Å². The molecule has 0 rings (SSSR count). The lowest BCUT2D eigenvalue weighted by Crippen LogP contribution is -2.42. The number of carbonyl (C=O) groups excluding carboxylic acids is 1. The minimum Gasteiger partial charge on any atom is -0.355 e. The quantitative estimate of drug-likeness (QED) is 0.802. The van der Waals surface area contributed by atoms with Gasteiger partial charge in [0, 0.05) is 12.5 Å². The van der Waals surface area contributed by atoms with Crippen LogP contribution >= 0.6 is 0 Å². The minimum atomic E-state index is 0.00917. The maximum absolute atomic E-state index is 12.4. The Labute approximate surface area is 114 Å². The van der Waals surface area contributed by atoms with Crippen LogP contribution in [-0.4, -0.2) is 12.5 Å². The summed E-state index contributed by atoms with van der Waals surface area (Å²) >= 11 is 0. The molecule has 1 atom stereocenters. The lowest BCUT2D eigenvalue weighted by atomic mass is 9.71. The lowest BCUT2D eigenvalue weighted by Gasteiger charge is -2.35. The molecule has 2 nitrogen and oxygen atoms in total. The average Bonchev–Trinajstić information content (AvgIpc) is 2.06. The highest BCUT2D eigenvalue weighted by atomic mass is 16.1. The van der Waals surface area contributed by atoms with E-state index in [0.29, 0.717) is 0 Å². The maximum atomic E-state index is 12.4. The number of hydrogen-bond donors (Lipinski definition) is 1. The van der Waals surface area contributed by atoms with Crippen molar-refractivity contribution in [3.05, 3.63) is 0 Å². The van der Waals surface area contributed by atoms with Gasteiger partial charge in [-0.05, 0) is 22.7 Å². The van der Waals surface area contributed by atoms with E-state index >= 15 is 0 Å². The zero-order valence-corrected chi connectivity index (χ0v) is 13.9. The molecule has 0 saturated heterocycles. The van der Waals surface area contributed by atoms with Crippen LogP contribution in [0.15, 0.2) is 0 Å². The second-order valence-electron chi connectivity index (χ2n) is 8.96. The zero-order valence-electron chi connectivity index (χ0n) is 13.9. The molecular weight excluding hydrogens is 222 g/mol. The Hall–Kier alpha value is -0.530. The fourth-order valence-corrected chi connectivity index (χ4v) is 1.88. The van der Waals surface area contributed by atoms with Gasteiger partial charge in [0.1, 0.15) is 0 Å². The lowest BCUT2D eigenvalue weighted by molar-refractivity contribution is -0.130. The largest absolute Gasteiger partial charge is 0.355 e. The van der Waals surface area contributed by atoms with Gasteiger partial charge in [0.15, 0.2) is 0 Å². The molecule has 1 unspecified atom stereocenters. The van der Waals surface area contributed by atoms with E-state index in [1.165, 1.54) is 0 Å². The topological polar surface area (TPSA) is 29.1 Å². The Kier molecular flexibility index (Phi) is 5.46. The molecule has 108 valence electrons. The van der Waals surface area contributed by atoms with Crippen LogP contribution in [0, 0.1) is 22.2 Å². The van der Waals surface area contributed by atoms with E-state index in [4.69, 9.17) is 0 Å². The van der Waals surface area contributed by atoms with Crippen molar-refractivity contribution >= 4 is 5.91 Å². The smallest absolute Gasteiger partial charge is 0.223 e. The van der Waals surface area contributed by atoms with Crippen molar-refractivity contribution in [3.63, 3.8) is 0 Å². The van der Waals surface area contributed by atoms with Gasteiger partial charge in [0.25, 0.3) is 0 Å². The van der Waals surface area contributed by atoms with Crippen LogP contribution in [0.4, 0.5) is 0 Å². The van der Waals surface area contributed by atoms with Gasteiger partial charge in [-0.2, -0.15) is 0 Å². The molecule has 0 bridgehead atoms. The molecule has 0 fully saturated rings. The first kappa shape index (κ1) is 17.5. The second kappa shape index (κ2) is 5.63. The Bertz CT molecular complexity index is 273. The van der Waals surface area contributed by atoms with E-state index in [9.17, 15) is 4.79 Å². The maximum Gasteiger partial charge on any atom is 0.223 e. The number of amides is 1. The summed E-state index contributed by atoms with van der Waals surface area (Å²) in [4.78, 5) is 12.4. The van der Waals surface area contributed by atoms with Crippen LogP contribution < -0.4 is 5.32 Å². The minimum absolute atomic E-state index is 0.00917. The average molecular weight is 255 g/mol. The van der Waals surface area contributed by atoms with Crippen LogP contribution in [0.3, 0.4) is 0 Å². The van der Waals surface area contributed by atoms with Crippen LogP contribution in [0.25, 0.3) is 0 Å². The van der Waals surface area contributed by atoms with Gasteiger partial charge >= 0.3 is 0 Å². The van der Waals surface area contributed by atoms with E-state index in [-0.39, 0.29) is 28.1 Å². The summed E-state index contributed by atoms with van der Waals surface area (Å²) < 4.78 is 0. The van der Waals surface area contributed by atoms with Gasteiger partial charge < -0.3 is 5.32 Å². The monoisotopic (exact) mass is 255 g/mol. The van der Waals surface area contributed by atoms with Crippen molar-refractivity contribution in [2.24, 2.45) is 22.2 Å². The van der Waals surface area contributed by atoms with Crippen LogP contribution in [0.1, 0.15) is 68.7 Å². The van der Waals surface area contributed by atoms with Crippen LogP contribution in [-0.2, 0) is 4.79 Å². The molecule has 0 aliphatic heterocycles. The van der Waals surface area contributed by atoms with E-state index in [1.54, 1.807) is 0 Å². The van der Waals surface area contributed by atoms with E-state index in [2.05, 4.69) is 67.6 Å². The van der Waals surface area contributed by atoms with Crippen LogP contribution in [0.2, 0.25) is 0 Å². The van der Waals surface area contributed by atoms with Gasteiger partial charge in [-0.1, -0.05) is 62.3 Å². The van der Waals surface area contributed by atoms with Gasteiger partial charge in [0.05, 0.1) is 0 Å². The molecule has 18 heavy (non-hydrogen) atoms. The predicted molar refractivity (Wildman–Crippen MR) is 79.5 cm³/mol. The zero-order chi connectivity index (χ0) is 14.8. The SMILES string of the molecule is CC(C)(C)CNC(=O)C(CC(C)(C)C)C(C)(C)C. The highest BCUT2D eigenvalue weighted by molar-refractivity contribution is 5.79. The first-order valence-electron chi connectivity index (χ1n) is 7.00. The van der Waals surface area contributed by atoms with Crippen molar-refractivity contribution in [1.82, 2.24) is 5.32 Å². The third kappa shape index (κ3) is 7.73. The van der Waals surface area contributed by atoms with Gasteiger partial charge in [-0.25, -0.2) is 0 Å². The fraction of sp³-hybridized carbons (Fsp3) is 0.938. The molecule has 2 heteroatoms.